The summed E-state index contributed by atoms with van der Waals surface area (Å²) in [5.74, 6) is 1.65. The molecule has 2 fully saturated rings. The molecular weight excluding hydrogens is 172 g/mol. The van der Waals surface area contributed by atoms with Gasteiger partial charge in [-0.25, -0.2) is 0 Å². The van der Waals surface area contributed by atoms with Crippen molar-refractivity contribution in [3.63, 3.8) is 0 Å². The van der Waals surface area contributed by atoms with E-state index in [0.717, 1.165) is 24.7 Å². The predicted molar refractivity (Wildman–Crippen MR) is 58.0 cm³/mol. The molecule has 2 aliphatic rings. The molecule has 14 heavy (non-hydrogen) atoms. The van der Waals surface area contributed by atoms with Gasteiger partial charge in [0.15, 0.2) is 0 Å². The van der Waals surface area contributed by atoms with Crippen molar-refractivity contribution in [2.24, 2.45) is 11.8 Å². The summed E-state index contributed by atoms with van der Waals surface area (Å²) in [4.78, 5) is 0. The predicted octanol–water partition coefficient (Wildman–Crippen LogP) is 3.05. The van der Waals surface area contributed by atoms with Crippen LogP contribution in [-0.4, -0.2) is 10.7 Å². The van der Waals surface area contributed by atoms with Gasteiger partial charge in [-0.2, -0.15) is 0 Å². The second-order valence-corrected chi connectivity index (χ2v) is 5.00. The Hall–Kier alpha value is -0.520. The Morgan fingerprint density at radius 3 is 2.64 bits per heavy atom. The number of fused-ring (bicyclic) bond motifs is 1. The van der Waals surface area contributed by atoms with Crippen molar-refractivity contribution < 1.29 is 5.11 Å². The van der Waals surface area contributed by atoms with Gasteiger partial charge in [0.05, 0.1) is 5.60 Å². The highest BCUT2D eigenvalue weighted by molar-refractivity contribution is 5.03. The lowest BCUT2D eigenvalue weighted by atomic mass is 9.66. The first kappa shape index (κ1) is 10.0. The fraction of sp³-hybridized carbons (Fsp3) is 0.769. The van der Waals surface area contributed by atoms with Gasteiger partial charge in [0, 0.05) is 0 Å². The van der Waals surface area contributed by atoms with Gasteiger partial charge in [-0.1, -0.05) is 32.3 Å². The zero-order chi connectivity index (χ0) is 10.0. The van der Waals surface area contributed by atoms with E-state index in [1.165, 1.54) is 32.1 Å². The van der Waals surface area contributed by atoms with Crippen molar-refractivity contribution >= 4 is 0 Å². The van der Waals surface area contributed by atoms with Crippen molar-refractivity contribution in [3.8, 4) is 0 Å². The first-order chi connectivity index (χ1) is 6.73. The minimum Gasteiger partial charge on any atom is -0.385 e. The van der Waals surface area contributed by atoms with Crippen LogP contribution < -0.4 is 0 Å². The molecule has 0 saturated heterocycles. The lowest BCUT2D eigenvalue weighted by Crippen LogP contribution is -2.38. The molecule has 0 aromatic heterocycles. The zero-order valence-electron chi connectivity index (χ0n) is 8.84. The molecule has 1 nitrogen and oxygen atoms in total. The maximum absolute atomic E-state index is 10.3. The standard InChI is InChI=1S/C13H20O/c1-2-8-13(14)9-7-11-5-3-4-6-12(11)10-13/h8,11-12,14H,1,3-7,9-10H2/t11-,12-,13?/m0/s1. The molecule has 1 unspecified atom stereocenters. The van der Waals surface area contributed by atoms with Gasteiger partial charge in [-0.05, 0) is 37.2 Å². The molecule has 78 valence electrons. The Kier molecular flexibility index (Phi) is 2.80. The molecule has 0 heterocycles. The van der Waals surface area contributed by atoms with Crippen molar-refractivity contribution in [3.05, 3.63) is 18.4 Å². The van der Waals surface area contributed by atoms with Crippen LogP contribution in [0.25, 0.3) is 0 Å². The molecule has 3 atom stereocenters. The summed E-state index contributed by atoms with van der Waals surface area (Å²) in [6.07, 6.45) is 10.3. The fourth-order valence-corrected chi connectivity index (χ4v) is 3.25. The summed E-state index contributed by atoms with van der Waals surface area (Å²) in [7, 11) is 0. The Morgan fingerprint density at radius 2 is 1.93 bits per heavy atom. The van der Waals surface area contributed by atoms with Gasteiger partial charge in [-0.3, -0.25) is 0 Å². The summed E-state index contributed by atoms with van der Waals surface area (Å²) in [6, 6.07) is 0. The van der Waals surface area contributed by atoms with Crippen LogP contribution in [0.1, 0.15) is 44.9 Å². The molecule has 0 bridgehead atoms. The minimum atomic E-state index is -0.583. The second-order valence-electron chi connectivity index (χ2n) is 5.00. The third kappa shape index (κ3) is 1.94. The largest absolute Gasteiger partial charge is 0.385 e. The van der Waals surface area contributed by atoms with Crippen LogP contribution >= 0.6 is 0 Å². The maximum atomic E-state index is 10.3. The summed E-state index contributed by atoms with van der Waals surface area (Å²) >= 11 is 0. The number of hydrogen-bond acceptors (Lipinski definition) is 1. The highest BCUT2D eigenvalue weighted by Gasteiger charge is 2.38. The van der Waals surface area contributed by atoms with E-state index in [4.69, 9.17) is 0 Å². The van der Waals surface area contributed by atoms with E-state index in [2.05, 4.69) is 12.3 Å². The first-order valence-corrected chi connectivity index (χ1v) is 5.83. The SMILES string of the molecule is C=C=CC1(O)CC[C@@H]2CCCC[C@H]2C1. The van der Waals surface area contributed by atoms with Crippen LogP contribution in [0.4, 0.5) is 0 Å². The third-order valence-electron chi connectivity index (χ3n) is 4.00. The van der Waals surface area contributed by atoms with E-state index < -0.39 is 5.60 Å². The van der Waals surface area contributed by atoms with E-state index in [0.29, 0.717) is 0 Å². The second kappa shape index (κ2) is 3.92. The molecule has 2 aliphatic carbocycles. The lowest BCUT2D eigenvalue weighted by Gasteiger charge is -2.42. The van der Waals surface area contributed by atoms with Crippen LogP contribution in [0.5, 0.6) is 0 Å². The quantitative estimate of drug-likeness (QED) is 0.633. The van der Waals surface area contributed by atoms with Crippen molar-refractivity contribution in [1.29, 1.82) is 0 Å². The molecule has 0 spiro atoms. The van der Waals surface area contributed by atoms with Gasteiger partial charge in [0.1, 0.15) is 0 Å². The molecule has 0 aromatic rings. The van der Waals surface area contributed by atoms with Crippen molar-refractivity contribution in [2.75, 3.05) is 0 Å². The van der Waals surface area contributed by atoms with Crippen LogP contribution in [0.15, 0.2) is 18.4 Å². The smallest absolute Gasteiger partial charge is 0.0903 e. The van der Waals surface area contributed by atoms with Crippen molar-refractivity contribution in [2.45, 2.75) is 50.5 Å². The number of aliphatic hydroxyl groups is 1. The Morgan fingerprint density at radius 1 is 1.21 bits per heavy atom. The summed E-state index contributed by atoms with van der Waals surface area (Å²) in [5.41, 5.74) is 2.17. The van der Waals surface area contributed by atoms with E-state index in [1.807, 2.05) is 0 Å². The molecule has 0 aromatic carbocycles. The summed E-state index contributed by atoms with van der Waals surface area (Å²) in [6.45, 7) is 3.56. The molecule has 0 amide bonds. The van der Waals surface area contributed by atoms with E-state index in [-0.39, 0.29) is 0 Å². The monoisotopic (exact) mass is 192 g/mol. The Labute approximate surface area is 86.5 Å². The minimum absolute atomic E-state index is 0.583. The van der Waals surface area contributed by atoms with E-state index in [1.54, 1.807) is 6.08 Å². The van der Waals surface area contributed by atoms with Gasteiger partial charge in [0.2, 0.25) is 0 Å². The molecule has 0 radical (unpaired) electrons. The van der Waals surface area contributed by atoms with Crippen LogP contribution in [0, 0.1) is 11.8 Å². The van der Waals surface area contributed by atoms with Crippen LogP contribution in [-0.2, 0) is 0 Å². The van der Waals surface area contributed by atoms with Gasteiger partial charge in [-0.15, -0.1) is 5.73 Å². The fourth-order valence-electron chi connectivity index (χ4n) is 3.25. The average Bonchev–Trinajstić information content (AvgIpc) is 2.17. The lowest BCUT2D eigenvalue weighted by molar-refractivity contribution is -0.00816. The van der Waals surface area contributed by atoms with Crippen molar-refractivity contribution in [1.82, 2.24) is 0 Å². The summed E-state index contributed by atoms with van der Waals surface area (Å²) < 4.78 is 0. The molecule has 2 rings (SSSR count). The topological polar surface area (TPSA) is 20.2 Å². The first-order valence-electron chi connectivity index (χ1n) is 5.83. The number of rotatable bonds is 1. The van der Waals surface area contributed by atoms with Crippen LogP contribution in [0.3, 0.4) is 0 Å². The average molecular weight is 192 g/mol. The molecule has 1 N–H and O–H groups in total. The zero-order valence-corrected chi connectivity index (χ0v) is 8.84. The Balaban J connectivity index is 2.05. The van der Waals surface area contributed by atoms with E-state index >= 15 is 0 Å². The van der Waals surface area contributed by atoms with E-state index in [9.17, 15) is 5.11 Å². The molecular formula is C13H20O. The third-order valence-corrected chi connectivity index (χ3v) is 4.00. The highest BCUT2D eigenvalue weighted by atomic mass is 16.3. The molecule has 0 aliphatic heterocycles. The maximum Gasteiger partial charge on any atom is 0.0903 e. The van der Waals surface area contributed by atoms with Gasteiger partial charge < -0.3 is 5.11 Å². The van der Waals surface area contributed by atoms with Gasteiger partial charge >= 0.3 is 0 Å². The summed E-state index contributed by atoms with van der Waals surface area (Å²) in [5, 5.41) is 10.3. The molecule has 1 heteroatoms. The molecule has 2 saturated carbocycles. The van der Waals surface area contributed by atoms with Crippen LogP contribution in [0.2, 0.25) is 0 Å². The highest BCUT2D eigenvalue weighted by Crippen LogP contribution is 2.44. The Bertz CT molecular complexity index is 252. The number of hydrogen-bond donors (Lipinski definition) is 1. The van der Waals surface area contributed by atoms with Gasteiger partial charge in [0.25, 0.3) is 0 Å². The normalized spacial score (nSPS) is 42.4.